The van der Waals surface area contributed by atoms with Crippen molar-refractivity contribution in [1.82, 2.24) is 5.32 Å². The van der Waals surface area contributed by atoms with E-state index in [1.165, 1.54) is 225 Å². The van der Waals surface area contributed by atoms with Crippen LogP contribution in [0.5, 0.6) is 0 Å². The highest BCUT2D eigenvalue weighted by Gasteiger charge is 2.23. The van der Waals surface area contributed by atoms with E-state index in [1.807, 2.05) is 27.2 Å². The van der Waals surface area contributed by atoms with Gasteiger partial charge in [-0.1, -0.05) is 274 Å². The quantitative estimate of drug-likeness (QED) is 0.0272. The van der Waals surface area contributed by atoms with Crippen LogP contribution >= 0.6 is 7.82 Å². The van der Waals surface area contributed by atoms with E-state index in [0.29, 0.717) is 17.4 Å². The first kappa shape index (κ1) is 72.2. The van der Waals surface area contributed by atoms with E-state index in [0.717, 1.165) is 51.4 Å². The Morgan fingerprint density at radius 3 is 1.18 bits per heavy atom. The van der Waals surface area contributed by atoms with Crippen LogP contribution in [0.1, 0.15) is 296 Å². The third-order valence-electron chi connectivity index (χ3n) is 14.2. The molecular formula is C65H123N2O6P. The van der Waals surface area contributed by atoms with Gasteiger partial charge in [0, 0.05) is 6.42 Å². The number of aliphatic hydroxyl groups is 1. The minimum atomic E-state index is -4.62. The molecule has 0 fully saturated rings. The number of hydrogen-bond acceptors (Lipinski definition) is 6. The summed E-state index contributed by atoms with van der Waals surface area (Å²) in [5.41, 5.74) is 0. The van der Waals surface area contributed by atoms with Gasteiger partial charge in [-0.2, -0.15) is 0 Å². The minimum absolute atomic E-state index is 0.0107. The number of aliphatic hydroxyl groups excluding tert-OH is 1. The molecule has 0 saturated carbocycles. The van der Waals surface area contributed by atoms with Crippen molar-refractivity contribution >= 4 is 13.7 Å². The monoisotopic (exact) mass is 1060 g/mol. The molecule has 2 N–H and O–H groups in total. The van der Waals surface area contributed by atoms with Gasteiger partial charge in [0.15, 0.2) is 0 Å². The second-order valence-electron chi connectivity index (χ2n) is 22.7. The molecule has 0 bridgehead atoms. The summed E-state index contributed by atoms with van der Waals surface area (Å²) in [5.74, 6) is -0.212. The molecule has 0 aromatic rings. The van der Waals surface area contributed by atoms with Gasteiger partial charge < -0.3 is 28.8 Å². The Morgan fingerprint density at radius 2 is 0.797 bits per heavy atom. The maximum Gasteiger partial charge on any atom is 0.268 e. The van der Waals surface area contributed by atoms with Gasteiger partial charge in [0.2, 0.25) is 5.91 Å². The second kappa shape index (κ2) is 55.9. The summed E-state index contributed by atoms with van der Waals surface area (Å²) in [5, 5.41) is 13.9. The third kappa shape index (κ3) is 57.9. The van der Waals surface area contributed by atoms with Crippen LogP contribution in [0.2, 0.25) is 0 Å². The fourth-order valence-electron chi connectivity index (χ4n) is 9.22. The number of nitrogens with one attached hydrogen (secondary N) is 1. The first-order valence-electron chi connectivity index (χ1n) is 31.7. The molecule has 0 heterocycles. The Hall–Kier alpha value is -1.80. The highest BCUT2D eigenvalue weighted by atomic mass is 31.2. The molecule has 0 aliphatic carbocycles. The highest BCUT2D eigenvalue weighted by molar-refractivity contribution is 7.45. The molecule has 0 rings (SSSR count). The Morgan fingerprint density at radius 1 is 0.473 bits per heavy atom. The summed E-state index contributed by atoms with van der Waals surface area (Å²) in [6.45, 7) is 4.64. The molecule has 0 aliphatic heterocycles. The van der Waals surface area contributed by atoms with Crippen molar-refractivity contribution in [3.63, 3.8) is 0 Å². The van der Waals surface area contributed by atoms with Crippen LogP contribution in [0, 0.1) is 0 Å². The molecule has 1 amide bonds. The normalized spacial score (nSPS) is 14.2. The van der Waals surface area contributed by atoms with Crippen molar-refractivity contribution in [2.45, 2.75) is 309 Å². The van der Waals surface area contributed by atoms with E-state index in [-0.39, 0.29) is 12.5 Å². The number of amides is 1. The van der Waals surface area contributed by atoms with Gasteiger partial charge in [-0.15, -0.1) is 0 Å². The Labute approximate surface area is 460 Å². The molecule has 3 atom stereocenters. The number of nitrogens with zero attached hydrogens (tertiary/aromatic N) is 1. The number of carbonyl (C=O) groups excluding carboxylic acids is 1. The minimum Gasteiger partial charge on any atom is -0.756 e. The summed E-state index contributed by atoms with van der Waals surface area (Å²) in [4.78, 5) is 25.5. The van der Waals surface area contributed by atoms with Gasteiger partial charge in [-0.25, -0.2) is 0 Å². The molecule has 0 aliphatic rings. The van der Waals surface area contributed by atoms with Crippen LogP contribution in [0.3, 0.4) is 0 Å². The molecule has 8 nitrogen and oxygen atoms in total. The predicted octanol–water partition coefficient (Wildman–Crippen LogP) is 19.0. The average molecular weight is 1060 g/mol. The molecule has 0 radical (unpaired) electrons. The third-order valence-corrected chi connectivity index (χ3v) is 15.1. The van der Waals surface area contributed by atoms with Gasteiger partial charge in [0.1, 0.15) is 13.2 Å². The fraction of sp³-hybridized carbons (Fsp3) is 0.831. The number of carbonyl (C=O) groups is 1. The first-order valence-corrected chi connectivity index (χ1v) is 33.1. The highest BCUT2D eigenvalue weighted by Crippen LogP contribution is 2.38. The zero-order valence-corrected chi connectivity index (χ0v) is 50.4. The lowest BCUT2D eigenvalue weighted by Crippen LogP contribution is -2.45. The Kier molecular flexibility index (Phi) is 54.6. The van der Waals surface area contributed by atoms with E-state index < -0.39 is 26.6 Å². The van der Waals surface area contributed by atoms with Crippen LogP contribution < -0.4 is 10.2 Å². The maximum absolute atomic E-state index is 13.0. The van der Waals surface area contributed by atoms with Crippen LogP contribution in [0.15, 0.2) is 60.8 Å². The van der Waals surface area contributed by atoms with Gasteiger partial charge in [0.25, 0.3) is 7.82 Å². The average Bonchev–Trinajstić information content (AvgIpc) is 3.36. The molecular weight excluding hydrogens is 936 g/mol. The lowest BCUT2D eigenvalue weighted by molar-refractivity contribution is -0.870. The smallest absolute Gasteiger partial charge is 0.268 e. The van der Waals surface area contributed by atoms with Crippen molar-refractivity contribution in [3.8, 4) is 0 Å². The van der Waals surface area contributed by atoms with E-state index in [4.69, 9.17) is 9.05 Å². The lowest BCUT2D eigenvalue weighted by atomic mass is 10.0. The van der Waals surface area contributed by atoms with Crippen LogP contribution in [-0.4, -0.2) is 68.5 Å². The molecule has 74 heavy (non-hydrogen) atoms. The number of phosphoric ester groups is 1. The second-order valence-corrected chi connectivity index (χ2v) is 24.2. The number of hydrogen-bond donors (Lipinski definition) is 2. The molecule has 9 heteroatoms. The van der Waals surface area contributed by atoms with Gasteiger partial charge in [-0.05, 0) is 77.0 Å². The Bertz CT molecular complexity index is 1390. The molecule has 0 saturated heterocycles. The SMILES string of the molecule is CCCCCCC/C=C\C/C=C\CCCCCCCCCCCCCC(=O)NC(COP(=O)([O-])OCC[N+](C)(C)C)C(O)/C=C/CC/C=C/CC/C=C/CCCCCCCCCCCCCCCCCCCCC. The van der Waals surface area contributed by atoms with Crippen molar-refractivity contribution < 1.29 is 32.9 Å². The van der Waals surface area contributed by atoms with E-state index in [1.54, 1.807) is 6.08 Å². The summed E-state index contributed by atoms with van der Waals surface area (Å²) >= 11 is 0. The number of quaternary nitrogens is 1. The standard InChI is InChI=1S/C65H123N2O6P/c1-6-8-10-12-14-16-18-20-22-24-26-28-30-31-32-33-34-35-37-38-40-42-44-46-48-50-52-54-56-58-64(68)63(62-73-74(70,71)72-61-60-67(3,4)5)66-65(69)59-57-55-53-51-49-47-45-43-41-39-36-29-27-25-23-21-19-17-15-13-11-9-7-2/h19,21,25,27,40,42,48,50,56,58,63-64,68H,6-18,20,22-24,26,28-39,41,43-47,49,51-55,57,59-62H2,1-5H3,(H-,66,69,70,71)/b21-19-,27-25-,42-40+,50-48+,58-56+. The first-order chi connectivity index (χ1) is 36.0. The van der Waals surface area contributed by atoms with E-state index in [9.17, 15) is 19.4 Å². The maximum atomic E-state index is 13.0. The number of allylic oxidation sites excluding steroid dienone is 9. The lowest BCUT2D eigenvalue weighted by Gasteiger charge is -2.29. The summed E-state index contributed by atoms with van der Waals surface area (Å²) in [6.07, 6.45) is 76.1. The molecule has 3 unspecified atom stereocenters. The van der Waals surface area contributed by atoms with Crippen LogP contribution in [0.25, 0.3) is 0 Å². The zero-order valence-electron chi connectivity index (χ0n) is 49.5. The van der Waals surface area contributed by atoms with Crippen molar-refractivity contribution in [1.29, 1.82) is 0 Å². The number of unbranched alkanes of at least 4 members (excludes halogenated alkanes) is 37. The summed E-state index contributed by atoms with van der Waals surface area (Å²) in [6, 6.07) is -0.914. The number of rotatable bonds is 58. The van der Waals surface area contributed by atoms with Crippen molar-refractivity contribution in [2.75, 3.05) is 40.9 Å². The fourth-order valence-corrected chi connectivity index (χ4v) is 9.94. The Balaban J connectivity index is 4.22. The van der Waals surface area contributed by atoms with Gasteiger partial charge in [-0.3, -0.25) is 9.36 Å². The van der Waals surface area contributed by atoms with Crippen LogP contribution in [0.4, 0.5) is 0 Å². The number of likely N-dealkylation sites (N-methyl/N-ethyl adjacent to an activating group) is 1. The van der Waals surface area contributed by atoms with Crippen molar-refractivity contribution in [2.24, 2.45) is 0 Å². The summed E-state index contributed by atoms with van der Waals surface area (Å²) in [7, 11) is 1.24. The van der Waals surface area contributed by atoms with Gasteiger partial charge >= 0.3 is 0 Å². The zero-order chi connectivity index (χ0) is 54.2. The van der Waals surface area contributed by atoms with E-state index in [2.05, 4.69) is 67.8 Å². The number of phosphoric acid groups is 1. The predicted molar refractivity (Wildman–Crippen MR) is 321 cm³/mol. The largest absolute Gasteiger partial charge is 0.756 e. The molecule has 0 aromatic heterocycles. The molecule has 0 aromatic carbocycles. The summed E-state index contributed by atoms with van der Waals surface area (Å²) < 4.78 is 23.4. The van der Waals surface area contributed by atoms with Gasteiger partial charge in [0.05, 0.1) is 39.9 Å². The van der Waals surface area contributed by atoms with Crippen LogP contribution in [-0.2, 0) is 18.4 Å². The van der Waals surface area contributed by atoms with Crippen molar-refractivity contribution in [3.05, 3.63) is 60.8 Å². The molecule has 0 spiro atoms. The van der Waals surface area contributed by atoms with E-state index >= 15 is 0 Å². The molecule has 434 valence electrons. The topological polar surface area (TPSA) is 108 Å².